The lowest BCUT2D eigenvalue weighted by Gasteiger charge is -2.08. The first kappa shape index (κ1) is 13.1. The molecule has 94 valence electrons. The molecule has 0 amide bonds. The average Bonchev–Trinajstić information content (AvgIpc) is 2.33. The fourth-order valence-electron chi connectivity index (χ4n) is 1.23. The Kier molecular flexibility index (Phi) is 5.63. The first-order valence-electron chi connectivity index (χ1n) is 5.33. The van der Waals surface area contributed by atoms with Gasteiger partial charge in [-0.2, -0.15) is 0 Å². The second-order valence-corrected chi connectivity index (χ2v) is 3.33. The molecule has 1 aromatic rings. The third kappa shape index (κ3) is 5.60. The molecule has 0 spiro atoms. The highest BCUT2D eigenvalue weighted by Gasteiger charge is 1.95. The summed E-state index contributed by atoms with van der Waals surface area (Å²) in [5, 5.41) is 12.8. The molecule has 0 saturated carbocycles. The lowest BCUT2D eigenvalue weighted by Crippen LogP contribution is -2.33. The highest BCUT2D eigenvalue weighted by Crippen LogP contribution is 2.15. The lowest BCUT2D eigenvalue weighted by molar-refractivity contribution is 0.273. The Balaban J connectivity index is 2.27. The van der Waals surface area contributed by atoms with Crippen molar-refractivity contribution in [2.24, 2.45) is 5.73 Å². The van der Waals surface area contributed by atoms with E-state index in [-0.39, 0.29) is 12.6 Å². The van der Waals surface area contributed by atoms with Crippen LogP contribution in [-0.2, 0) is 0 Å². The first-order valence-corrected chi connectivity index (χ1v) is 5.33. The minimum Gasteiger partial charge on any atom is -0.491 e. The molecule has 0 radical (unpaired) electrons. The third-order valence-corrected chi connectivity index (χ3v) is 1.97. The van der Waals surface area contributed by atoms with E-state index >= 15 is 0 Å². The second-order valence-electron chi connectivity index (χ2n) is 3.33. The van der Waals surface area contributed by atoms with Crippen molar-refractivity contribution in [2.75, 3.05) is 31.7 Å². The molecule has 5 N–H and O–H groups in total. The molecule has 0 aliphatic heterocycles. The first-order chi connectivity index (χ1) is 8.22. The minimum absolute atomic E-state index is 0.0400. The Bertz CT molecular complexity index is 342. The zero-order valence-electron chi connectivity index (χ0n) is 9.50. The summed E-state index contributed by atoms with van der Waals surface area (Å²) in [6.07, 6.45) is 0. The molecule has 0 unspecified atom stereocenters. The molecule has 0 saturated heterocycles. The maximum absolute atomic E-state index is 11.9. The number of nitrogens with two attached hydrogens (primary N) is 1. The van der Waals surface area contributed by atoms with E-state index in [1.807, 2.05) is 12.1 Å². The Hall–Kier alpha value is -1.98. The number of halogens is 1. The van der Waals surface area contributed by atoms with E-state index in [4.69, 9.17) is 15.9 Å². The number of nitrogens with one attached hydrogen (secondary N) is 3. The molecule has 0 atom stereocenters. The standard InChI is InChI=1S/C11H17FN4O/c12-5-8-17-10-3-1-9(2-4-10)15-6-7-16-11(13)14/h1-4,15H,5-8H2,(H4,13,14,16). The number of guanidine groups is 1. The van der Waals surface area contributed by atoms with Crippen molar-refractivity contribution >= 4 is 11.6 Å². The van der Waals surface area contributed by atoms with Crippen molar-refractivity contribution in [3.05, 3.63) is 24.3 Å². The summed E-state index contributed by atoms with van der Waals surface area (Å²) < 4.78 is 17.0. The van der Waals surface area contributed by atoms with Gasteiger partial charge in [0.25, 0.3) is 0 Å². The average molecular weight is 240 g/mol. The van der Waals surface area contributed by atoms with E-state index in [1.165, 1.54) is 0 Å². The molecule has 0 heterocycles. The zero-order valence-corrected chi connectivity index (χ0v) is 9.50. The van der Waals surface area contributed by atoms with Gasteiger partial charge >= 0.3 is 0 Å². The van der Waals surface area contributed by atoms with Crippen LogP contribution in [0.25, 0.3) is 0 Å². The zero-order chi connectivity index (χ0) is 12.5. The number of ether oxygens (including phenoxy) is 1. The molecular weight excluding hydrogens is 223 g/mol. The predicted octanol–water partition coefficient (Wildman–Crippen LogP) is 0.930. The molecule has 5 nitrogen and oxygen atoms in total. The van der Waals surface area contributed by atoms with Crippen LogP contribution < -0.4 is 21.1 Å². The Labute approximate surface area is 99.7 Å². The molecule has 0 bridgehead atoms. The Morgan fingerprint density at radius 3 is 2.59 bits per heavy atom. The van der Waals surface area contributed by atoms with Gasteiger partial charge in [-0.1, -0.05) is 0 Å². The summed E-state index contributed by atoms with van der Waals surface area (Å²) in [7, 11) is 0. The smallest absolute Gasteiger partial charge is 0.185 e. The van der Waals surface area contributed by atoms with Crippen molar-refractivity contribution in [3.63, 3.8) is 0 Å². The number of rotatable bonds is 7. The van der Waals surface area contributed by atoms with Crippen molar-refractivity contribution in [1.82, 2.24) is 5.32 Å². The Morgan fingerprint density at radius 2 is 2.00 bits per heavy atom. The molecule has 0 fully saturated rings. The van der Waals surface area contributed by atoms with Gasteiger partial charge in [0.05, 0.1) is 0 Å². The summed E-state index contributed by atoms with van der Waals surface area (Å²) in [5.74, 6) is 0.608. The van der Waals surface area contributed by atoms with Crippen LogP contribution in [0.2, 0.25) is 0 Å². The second kappa shape index (κ2) is 7.32. The van der Waals surface area contributed by atoms with Crippen LogP contribution >= 0.6 is 0 Å². The van der Waals surface area contributed by atoms with Crippen LogP contribution in [0, 0.1) is 5.41 Å². The number of anilines is 1. The number of hydrogen-bond acceptors (Lipinski definition) is 3. The normalized spacial score (nSPS) is 9.71. The lowest BCUT2D eigenvalue weighted by atomic mass is 10.3. The topological polar surface area (TPSA) is 83.2 Å². The van der Waals surface area contributed by atoms with E-state index < -0.39 is 6.67 Å². The maximum Gasteiger partial charge on any atom is 0.185 e. The highest BCUT2D eigenvalue weighted by molar-refractivity contribution is 5.74. The van der Waals surface area contributed by atoms with Gasteiger partial charge in [0.1, 0.15) is 19.0 Å². The van der Waals surface area contributed by atoms with Crippen LogP contribution in [0.1, 0.15) is 0 Å². The quantitative estimate of drug-likeness (QED) is 0.324. The van der Waals surface area contributed by atoms with Crippen LogP contribution in [-0.4, -0.2) is 32.3 Å². The van der Waals surface area contributed by atoms with Gasteiger partial charge < -0.3 is 21.1 Å². The summed E-state index contributed by atoms with van der Waals surface area (Å²) in [5.41, 5.74) is 6.07. The van der Waals surface area contributed by atoms with Crippen molar-refractivity contribution < 1.29 is 9.13 Å². The van der Waals surface area contributed by atoms with Crippen molar-refractivity contribution in [1.29, 1.82) is 5.41 Å². The summed E-state index contributed by atoms with van der Waals surface area (Å²) in [4.78, 5) is 0. The van der Waals surface area contributed by atoms with Gasteiger partial charge in [0.2, 0.25) is 0 Å². The highest BCUT2D eigenvalue weighted by atomic mass is 19.1. The van der Waals surface area contributed by atoms with Gasteiger partial charge in [0, 0.05) is 18.8 Å². The SMILES string of the molecule is N=C(N)NCCNc1ccc(OCCF)cc1. The van der Waals surface area contributed by atoms with Crippen LogP contribution in [0.15, 0.2) is 24.3 Å². The van der Waals surface area contributed by atoms with Crippen LogP contribution in [0.5, 0.6) is 5.75 Å². The van der Waals surface area contributed by atoms with Crippen molar-refractivity contribution in [2.45, 2.75) is 0 Å². The van der Waals surface area contributed by atoms with Crippen LogP contribution in [0.3, 0.4) is 0 Å². The third-order valence-electron chi connectivity index (χ3n) is 1.97. The summed E-state index contributed by atoms with van der Waals surface area (Å²) in [6, 6.07) is 7.25. The molecule has 1 rings (SSSR count). The summed E-state index contributed by atoms with van der Waals surface area (Å²) in [6.45, 7) is 0.825. The van der Waals surface area contributed by atoms with Gasteiger partial charge in [0.15, 0.2) is 5.96 Å². The minimum atomic E-state index is -0.489. The molecule has 17 heavy (non-hydrogen) atoms. The maximum atomic E-state index is 11.9. The number of hydrogen-bond donors (Lipinski definition) is 4. The largest absolute Gasteiger partial charge is 0.491 e. The molecule has 0 aliphatic rings. The van der Waals surface area contributed by atoms with Gasteiger partial charge in [-0.3, -0.25) is 5.41 Å². The van der Waals surface area contributed by atoms with E-state index in [1.54, 1.807) is 12.1 Å². The Morgan fingerprint density at radius 1 is 1.29 bits per heavy atom. The van der Waals surface area contributed by atoms with Gasteiger partial charge in [-0.05, 0) is 24.3 Å². The fraction of sp³-hybridized carbons (Fsp3) is 0.364. The monoisotopic (exact) mass is 240 g/mol. The number of benzene rings is 1. The molecule has 6 heteroatoms. The predicted molar refractivity (Wildman–Crippen MR) is 66.3 cm³/mol. The molecular formula is C11H17FN4O. The van der Waals surface area contributed by atoms with E-state index in [0.29, 0.717) is 18.8 Å². The molecule has 0 aliphatic carbocycles. The van der Waals surface area contributed by atoms with E-state index in [0.717, 1.165) is 5.69 Å². The molecule has 0 aromatic heterocycles. The van der Waals surface area contributed by atoms with Crippen LogP contribution in [0.4, 0.5) is 10.1 Å². The van der Waals surface area contributed by atoms with E-state index in [2.05, 4.69) is 10.6 Å². The van der Waals surface area contributed by atoms with E-state index in [9.17, 15) is 4.39 Å². The van der Waals surface area contributed by atoms with Gasteiger partial charge in [-0.25, -0.2) is 4.39 Å². The fourth-order valence-corrected chi connectivity index (χ4v) is 1.23. The molecule has 1 aromatic carbocycles. The number of alkyl halides is 1. The van der Waals surface area contributed by atoms with Crippen molar-refractivity contribution in [3.8, 4) is 5.75 Å². The summed E-state index contributed by atoms with van der Waals surface area (Å²) >= 11 is 0. The van der Waals surface area contributed by atoms with Gasteiger partial charge in [-0.15, -0.1) is 0 Å².